The summed E-state index contributed by atoms with van der Waals surface area (Å²) >= 11 is 0. The van der Waals surface area contributed by atoms with E-state index in [1.165, 1.54) is 0 Å². The molecule has 1 aliphatic rings. The second-order valence-corrected chi connectivity index (χ2v) is 6.52. The van der Waals surface area contributed by atoms with Gasteiger partial charge in [0.15, 0.2) is 0 Å². The van der Waals surface area contributed by atoms with Gasteiger partial charge in [0, 0.05) is 30.6 Å². The third-order valence-electron chi connectivity index (χ3n) is 4.74. The van der Waals surface area contributed by atoms with Crippen LogP contribution < -0.4 is 5.32 Å². The van der Waals surface area contributed by atoms with Crippen molar-refractivity contribution in [2.24, 2.45) is 0 Å². The number of H-pyrrole nitrogens is 1. The first kappa shape index (κ1) is 16.3. The van der Waals surface area contributed by atoms with E-state index in [0.29, 0.717) is 17.7 Å². The molecule has 1 aliphatic heterocycles. The van der Waals surface area contributed by atoms with E-state index in [1.807, 2.05) is 41.3 Å². The molecular weight excluding hydrogens is 328 g/mol. The summed E-state index contributed by atoms with van der Waals surface area (Å²) in [6.45, 7) is 2.02. The summed E-state index contributed by atoms with van der Waals surface area (Å²) < 4.78 is 0. The number of hydrogen-bond acceptors (Lipinski definition) is 3. The molecule has 0 unspecified atom stereocenters. The summed E-state index contributed by atoms with van der Waals surface area (Å²) in [7, 11) is 0. The molecule has 1 fully saturated rings. The van der Waals surface area contributed by atoms with Crippen molar-refractivity contribution in [2.75, 3.05) is 13.1 Å². The number of aromatic amines is 1. The molecule has 2 N–H and O–H groups in total. The number of carbonyl (C=O) groups is 2. The van der Waals surface area contributed by atoms with Crippen LogP contribution in [0.4, 0.5) is 0 Å². The van der Waals surface area contributed by atoms with Crippen molar-refractivity contribution in [2.45, 2.75) is 19.4 Å². The molecule has 2 heterocycles. The molecule has 0 radical (unpaired) electrons. The highest BCUT2D eigenvalue weighted by Gasteiger charge is 2.19. The Labute approximate surface area is 151 Å². The van der Waals surface area contributed by atoms with E-state index >= 15 is 0 Å². The van der Waals surface area contributed by atoms with E-state index in [2.05, 4.69) is 15.5 Å². The predicted molar refractivity (Wildman–Crippen MR) is 98.8 cm³/mol. The number of aromatic nitrogens is 2. The Kier molecular flexibility index (Phi) is 4.39. The quantitative estimate of drug-likeness (QED) is 0.761. The molecule has 2 amide bonds. The van der Waals surface area contributed by atoms with E-state index in [1.54, 1.807) is 12.3 Å². The molecule has 3 aromatic rings. The van der Waals surface area contributed by atoms with Crippen molar-refractivity contribution in [3.05, 3.63) is 65.4 Å². The Balaban J connectivity index is 1.46. The van der Waals surface area contributed by atoms with Gasteiger partial charge >= 0.3 is 0 Å². The molecule has 4 rings (SSSR count). The SMILES string of the molecule is O=C(NCc1cccc(C(=O)N2CCCC2)c1)c1cccc2cn[nH]c12. The van der Waals surface area contributed by atoms with Gasteiger partial charge in [-0.15, -0.1) is 0 Å². The van der Waals surface area contributed by atoms with Crippen LogP contribution in [0.25, 0.3) is 10.9 Å². The van der Waals surface area contributed by atoms with Crippen LogP contribution in [0.1, 0.15) is 39.1 Å². The van der Waals surface area contributed by atoms with Crippen molar-refractivity contribution in [3.8, 4) is 0 Å². The average molecular weight is 348 g/mol. The lowest BCUT2D eigenvalue weighted by Gasteiger charge is -2.15. The van der Waals surface area contributed by atoms with Crippen molar-refractivity contribution in [1.82, 2.24) is 20.4 Å². The number of benzene rings is 2. The fraction of sp³-hybridized carbons (Fsp3) is 0.250. The highest BCUT2D eigenvalue weighted by Crippen LogP contribution is 2.16. The summed E-state index contributed by atoms with van der Waals surface area (Å²) in [5, 5.41) is 10.7. The molecule has 2 aromatic carbocycles. The highest BCUT2D eigenvalue weighted by molar-refractivity contribution is 6.05. The molecule has 0 atom stereocenters. The second kappa shape index (κ2) is 7.00. The Morgan fingerprint density at radius 1 is 1.12 bits per heavy atom. The summed E-state index contributed by atoms with van der Waals surface area (Å²) in [4.78, 5) is 26.9. The standard InChI is InChI=1S/C20H20N4O2/c25-19(17-8-4-7-16-13-22-23-18(16)17)21-12-14-5-3-6-15(11-14)20(26)24-9-1-2-10-24/h3-8,11,13H,1-2,9-10,12H2,(H,21,25)(H,22,23). The number of hydrogen-bond donors (Lipinski definition) is 2. The van der Waals surface area contributed by atoms with Crippen molar-refractivity contribution < 1.29 is 9.59 Å². The van der Waals surface area contributed by atoms with Crippen LogP contribution in [0.3, 0.4) is 0 Å². The second-order valence-electron chi connectivity index (χ2n) is 6.52. The summed E-state index contributed by atoms with van der Waals surface area (Å²) in [6.07, 6.45) is 3.83. The molecule has 6 nitrogen and oxygen atoms in total. The Bertz CT molecular complexity index is 957. The molecule has 0 aliphatic carbocycles. The smallest absolute Gasteiger partial charge is 0.253 e. The van der Waals surface area contributed by atoms with Crippen LogP contribution in [0.5, 0.6) is 0 Å². The number of nitrogens with one attached hydrogen (secondary N) is 2. The largest absolute Gasteiger partial charge is 0.348 e. The monoisotopic (exact) mass is 348 g/mol. The number of likely N-dealkylation sites (tertiary alicyclic amines) is 1. The topological polar surface area (TPSA) is 78.1 Å². The normalized spacial score (nSPS) is 13.9. The zero-order chi connectivity index (χ0) is 17.9. The van der Waals surface area contributed by atoms with Crippen LogP contribution in [0.2, 0.25) is 0 Å². The number of amides is 2. The molecule has 26 heavy (non-hydrogen) atoms. The van der Waals surface area contributed by atoms with Gasteiger partial charge in [0.05, 0.1) is 17.3 Å². The van der Waals surface area contributed by atoms with Gasteiger partial charge in [0.1, 0.15) is 0 Å². The van der Waals surface area contributed by atoms with Crippen LogP contribution in [0.15, 0.2) is 48.7 Å². The zero-order valence-electron chi connectivity index (χ0n) is 14.4. The number of carbonyl (C=O) groups excluding carboxylic acids is 2. The molecule has 0 spiro atoms. The first-order valence-electron chi connectivity index (χ1n) is 8.81. The summed E-state index contributed by atoms with van der Waals surface area (Å²) in [5.74, 6) is -0.103. The lowest BCUT2D eigenvalue weighted by Crippen LogP contribution is -2.28. The highest BCUT2D eigenvalue weighted by atomic mass is 16.2. The predicted octanol–water partition coefficient (Wildman–Crippen LogP) is 2.73. The zero-order valence-corrected chi connectivity index (χ0v) is 14.4. The van der Waals surface area contributed by atoms with Crippen LogP contribution in [-0.2, 0) is 6.54 Å². The van der Waals surface area contributed by atoms with Crippen molar-refractivity contribution >= 4 is 22.7 Å². The first-order valence-corrected chi connectivity index (χ1v) is 8.81. The van der Waals surface area contributed by atoms with Gasteiger partial charge < -0.3 is 10.2 Å². The van der Waals surface area contributed by atoms with Gasteiger partial charge in [0.2, 0.25) is 0 Å². The van der Waals surface area contributed by atoms with Crippen molar-refractivity contribution in [3.63, 3.8) is 0 Å². The fourth-order valence-electron chi connectivity index (χ4n) is 3.35. The Morgan fingerprint density at radius 3 is 2.77 bits per heavy atom. The molecule has 1 aromatic heterocycles. The van der Waals surface area contributed by atoms with E-state index in [9.17, 15) is 9.59 Å². The van der Waals surface area contributed by atoms with Crippen LogP contribution >= 0.6 is 0 Å². The van der Waals surface area contributed by atoms with Gasteiger partial charge in [-0.3, -0.25) is 14.7 Å². The van der Waals surface area contributed by atoms with Gasteiger partial charge in [-0.25, -0.2) is 0 Å². The third kappa shape index (κ3) is 3.18. The lowest BCUT2D eigenvalue weighted by molar-refractivity contribution is 0.0792. The molecule has 132 valence electrons. The number of para-hydroxylation sites is 1. The average Bonchev–Trinajstić information content (AvgIpc) is 3.37. The van der Waals surface area contributed by atoms with E-state index < -0.39 is 0 Å². The minimum atomic E-state index is -0.170. The molecule has 0 bridgehead atoms. The van der Waals surface area contributed by atoms with Gasteiger partial charge in [-0.05, 0) is 36.6 Å². The van der Waals surface area contributed by atoms with E-state index in [0.717, 1.165) is 42.4 Å². The minimum Gasteiger partial charge on any atom is -0.348 e. The third-order valence-corrected chi connectivity index (χ3v) is 4.74. The maximum atomic E-state index is 12.5. The van der Waals surface area contributed by atoms with Crippen molar-refractivity contribution in [1.29, 1.82) is 0 Å². The van der Waals surface area contributed by atoms with E-state index in [4.69, 9.17) is 0 Å². The lowest BCUT2D eigenvalue weighted by atomic mass is 10.1. The number of nitrogens with zero attached hydrogens (tertiary/aromatic N) is 2. The number of rotatable bonds is 4. The van der Waals surface area contributed by atoms with Gasteiger partial charge in [0.25, 0.3) is 11.8 Å². The molecule has 1 saturated heterocycles. The molecule has 0 saturated carbocycles. The van der Waals surface area contributed by atoms with Gasteiger partial charge in [-0.1, -0.05) is 24.3 Å². The first-order chi connectivity index (χ1) is 12.7. The number of fused-ring (bicyclic) bond motifs is 1. The van der Waals surface area contributed by atoms with E-state index in [-0.39, 0.29) is 11.8 Å². The molecule has 6 heteroatoms. The minimum absolute atomic E-state index is 0.0675. The Morgan fingerprint density at radius 2 is 1.92 bits per heavy atom. The summed E-state index contributed by atoms with van der Waals surface area (Å²) in [5.41, 5.74) is 2.86. The Hall–Kier alpha value is -3.15. The fourth-order valence-corrected chi connectivity index (χ4v) is 3.35. The van der Waals surface area contributed by atoms with Gasteiger partial charge in [-0.2, -0.15) is 5.10 Å². The van der Waals surface area contributed by atoms with Crippen LogP contribution in [0, 0.1) is 0 Å². The van der Waals surface area contributed by atoms with Crippen LogP contribution in [-0.4, -0.2) is 40.0 Å². The maximum absolute atomic E-state index is 12.5. The maximum Gasteiger partial charge on any atom is 0.253 e. The molecular formula is C20H20N4O2. The summed E-state index contributed by atoms with van der Waals surface area (Å²) in [6, 6.07) is 13.0.